The van der Waals surface area contributed by atoms with E-state index in [4.69, 9.17) is 5.11 Å². The van der Waals surface area contributed by atoms with Gasteiger partial charge in [0, 0.05) is 0 Å². The molecule has 1 N–H and O–H groups in total. The molecule has 0 aromatic heterocycles. The molecule has 0 radical (unpaired) electrons. The van der Waals surface area contributed by atoms with Crippen LogP contribution in [0.25, 0.3) is 16.7 Å². The van der Waals surface area contributed by atoms with Crippen LogP contribution in [0.2, 0.25) is 0 Å². The Morgan fingerprint density at radius 3 is 1.68 bits per heavy atom. The largest absolute Gasteiger partial charge is 0.392 e. The highest BCUT2D eigenvalue weighted by molar-refractivity contribution is 5.71. The number of rotatable bonds is 3. The molecule has 0 unspecified atom stereocenters. The van der Waals surface area contributed by atoms with Crippen LogP contribution < -0.4 is 0 Å². The zero-order valence-corrected chi connectivity index (χ0v) is 16.8. The SMILES string of the molecule is C/C(=C/CO)c1ccc(-c2cc(C(C)(C)C)cc(C(C)(C)C)c2)cc1. The molecule has 0 spiro atoms. The highest BCUT2D eigenvalue weighted by Gasteiger charge is 2.20. The van der Waals surface area contributed by atoms with Crippen molar-refractivity contribution >= 4 is 5.57 Å². The van der Waals surface area contributed by atoms with Crippen LogP contribution in [0.5, 0.6) is 0 Å². The van der Waals surface area contributed by atoms with Gasteiger partial charge in [-0.15, -0.1) is 0 Å². The van der Waals surface area contributed by atoms with E-state index in [1.54, 1.807) is 0 Å². The fourth-order valence-corrected chi connectivity index (χ4v) is 2.84. The van der Waals surface area contributed by atoms with Gasteiger partial charge >= 0.3 is 0 Å². The van der Waals surface area contributed by atoms with Gasteiger partial charge in [-0.05, 0) is 51.1 Å². The van der Waals surface area contributed by atoms with E-state index in [1.165, 1.54) is 22.3 Å². The predicted octanol–water partition coefficient (Wildman–Crippen LogP) is 6.34. The summed E-state index contributed by atoms with van der Waals surface area (Å²) in [4.78, 5) is 0. The molecule has 2 aromatic rings. The first-order valence-corrected chi connectivity index (χ1v) is 9.07. The van der Waals surface area contributed by atoms with E-state index in [9.17, 15) is 0 Å². The molecule has 134 valence electrons. The average Bonchev–Trinajstić information content (AvgIpc) is 2.53. The zero-order chi connectivity index (χ0) is 18.8. The summed E-state index contributed by atoms with van der Waals surface area (Å²) < 4.78 is 0. The molecule has 0 bridgehead atoms. The second-order valence-corrected chi connectivity index (χ2v) is 8.95. The third kappa shape index (κ3) is 4.83. The van der Waals surface area contributed by atoms with Crippen molar-refractivity contribution in [2.45, 2.75) is 59.3 Å². The first-order chi connectivity index (χ1) is 11.5. The Morgan fingerprint density at radius 1 is 0.800 bits per heavy atom. The molecule has 1 nitrogen and oxygen atoms in total. The molecule has 2 rings (SSSR count). The standard InChI is InChI=1S/C24H32O/c1-17(12-13-25)18-8-10-19(11-9-18)20-14-21(23(2,3)4)16-22(15-20)24(5,6)7/h8-12,14-16,25H,13H2,1-7H3/b17-12-. The van der Waals surface area contributed by atoms with Gasteiger partial charge in [0.2, 0.25) is 0 Å². The van der Waals surface area contributed by atoms with Gasteiger partial charge in [0.05, 0.1) is 6.61 Å². The van der Waals surface area contributed by atoms with Crippen LogP contribution in [-0.2, 0) is 10.8 Å². The monoisotopic (exact) mass is 336 g/mol. The van der Waals surface area contributed by atoms with Crippen molar-refractivity contribution in [1.29, 1.82) is 0 Å². The minimum Gasteiger partial charge on any atom is -0.392 e. The Balaban J connectivity index is 2.53. The maximum Gasteiger partial charge on any atom is 0.0618 e. The Kier molecular flexibility index (Phi) is 5.58. The van der Waals surface area contributed by atoms with Crippen LogP contribution in [0.3, 0.4) is 0 Å². The van der Waals surface area contributed by atoms with Crippen molar-refractivity contribution in [1.82, 2.24) is 0 Å². The minimum atomic E-state index is 0.0795. The molecule has 0 amide bonds. The molecule has 0 aliphatic carbocycles. The van der Waals surface area contributed by atoms with E-state index in [0.717, 1.165) is 11.1 Å². The highest BCUT2D eigenvalue weighted by atomic mass is 16.2. The van der Waals surface area contributed by atoms with Crippen LogP contribution in [0, 0.1) is 0 Å². The summed E-state index contributed by atoms with van der Waals surface area (Å²) in [5.41, 5.74) is 7.75. The molecule has 1 heteroatoms. The van der Waals surface area contributed by atoms with Crippen LogP contribution in [0.15, 0.2) is 48.5 Å². The third-order valence-electron chi connectivity index (χ3n) is 4.74. The third-order valence-corrected chi connectivity index (χ3v) is 4.74. The normalized spacial score (nSPS) is 13.2. The predicted molar refractivity (Wildman–Crippen MR) is 110 cm³/mol. The summed E-state index contributed by atoms with van der Waals surface area (Å²) in [6, 6.07) is 15.6. The van der Waals surface area contributed by atoms with Crippen molar-refractivity contribution in [3.05, 3.63) is 65.2 Å². The first-order valence-electron chi connectivity index (χ1n) is 9.07. The lowest BCUT2D eigenvalue weighted by Crippen LogP contribution is -2.16. The van der Waals surface area contributed by atoms with Gasteiger partial charge < -0.3 is 5.11 Å². The number of hydrogen-bond donors (Lipinski definition) is 1. The fourth-order valence-electron chi connectivity index (χ4n) is 2.84. The molecule has 0 saturated heterocycles. The van der Waals surface area contributed by atoms with E-state index in [-0.39, 0.29) is 17.4 Å². The zero-order valence-electron chi connectivity index (χ0n) is 16.8. The smallest absolute Gasteiger partial charge is 0.0618 e. The summed E-state index contributed by atoms with van der Waals surface area (Å²) in [5.74, 6) is 0. The minimum absolute atomic E-state index is 0.0795. The fraction of sp³-hybridized carbons (Fsp3) is 0.417. The van der Waals surface area contributed by atoms with Gasteiger partial charge in [-0.2, -0.15) is 0 Å². The Bertz CT molecular complexity index is 718. The average molecular weight is 337 g/mol. The maximum absolute atomic E-state index is 9.07. The van der Waals surface area contributed by atoms with E-state index in [0.29, 0.717) is 0 Å². The van der Waals surface area contributed by atoms with Crippen molar-refractivity contribution < 1.29 is 5.11 Å². The number of aliphatic hydroxyl groups excluding tert-OH is 1. The number of benzene rings is 2. The van der Waals surface area contributed by atoms with Gasteiger partial charge in [0.25, 0.3) is 0 Å². The lowest BCUT2D eigenvalue weighted by molar-refractivity contribution is 0.343. The Hall–Kier alpha value is -1.86. The lowest BCUT2D eigenvalue weighted by atomic mass is 9.79. The summed E-state index contributed by atoms with van der Waals surface area (Å²) >= 11 is 0. The second kappa shape index (κ2) is 7.17. The molecular weight excluding hydrogens is 304 g/mol. The molecule has 25 heavy (non-hydrogen) atoms. The van der Waals surface area contributed by atoms with Gasteiger partial charge in [-0.25, -0.2) is 0 Å². The molecule has 0 saturated carbocycles. The maximum atomic E-state index is 9.07. The van der Waals surface area contributed by atoms with Crippen LogP contribution in [0.1, 0.15) is 65.2 Å². The Morgan fingerprint density at radius 2 is 1.28 bits per heavy atom. The lowest BCUT2D eigenvalue weighted by Gasteiger charge is -2.26. The molecule has 0 fully saturated rings. The molecule has 0 aliphatic rings. The van der Waals surface area contributed by atoms with E-state index >= 15 is 0 Å². The molecule has 2 aromatic carbocycles. The number of aliphatic hydroxyl groups is 1. The topological polar surface area (TPSA) is 20.2 Å². The van der Waals surface area contributed by atoms with Crippen molar-refractivity contribution in [2.75, 3.05) is 6.61 Å². The van der Waals surface area contributed by atoms with Crippen molar-refractivity contribution in [3.63, 3.8) is 0 Å². The summed E-state index contributed by atoms with van der Waals surface area (Å²) in [5, 5.41) is 9.07. The summed E-state index contributed by atoms with van der Waals surface area (Å²) in [6.45, 7) is 15.7. The van der Waals surface area contributed by atoms with E-state index in [2.05, 4.69) is 84.0 Å². The van der Waals surface area contributed by atoms with E-state index in [1.807, 2.05) is 13.0 Å². The van der Waals surface area contributed by atoms with Gasteiger partial charge in [-0.1, -0.05) is 90.1 Å². The highest BCUT2D eigenvalue weighted by Crippen LogP contribution is 2.34. The molecule has 0 aliphatic heterocycles. The van der Waals surface area contributed by atoms with Crippen LogP contribution in [-0.4, -0.2) is 11.7 Å². The van der Waals surface area contributed by atoms with Gasteiger partial charge in [-0.3, -0.25) is 0 Å². The number of allylic oxidation sites excluding steroid dienone is 1. The molecular formula is C24H32O. The molecule has 0 heterocycles. The Labute approximate surface area is 153 Å². The first kappa shape index (κ1) is 19.5. The molecule has 0 atom stereocenters. The van der Waals surface area contributed by atoms with Crippen LogP contribution in [0.4, 0.5) is 0 Å². The van der Waals surface area contributed by atoms with Crippen molar-refractivity contribution in [2.24, 2.45) is 0 Å². The summed E-state index contributed by atoms with van der Waals surface area (Å²) in [6.07, 6.45) is 1.84. The van der Waals surface area contributed by atoms with Gasteiger partial charge in [0.1, 0.15) is 0 Å². The second-order valence-electron chi connectivity index (χ2n) is 8.95. The van der Waals surface area contributed by atoms with Crippen molar-refractivity contribution in [3.8, 4) is 11.1 Å². The summed E-state index contributed by atoms with van der Waals surface area (Å²) in [7, 11) is 0. The quantitative estimate of drug-likeness (QED) is 0.693. The number of hydrogen-bond acceptors (Lipinski definition) is 1. The van der Waals surface area contributed by atoms with Gasteiger partial charge in [0.15, 0.2) is 0 Å². The van der Waals surface area contributed by atoms with Crippen LogP contribution >= 0.6 is 0 Å². The van der Waals surface area contributed by atoms with E-state index < -0.39 is 0 Å².